The Kier molecular flexibility index (Phi) is 6.89. The number of benzene rings is 1. The van der Waals surface area contributed by atoms with Gasteiger partial charge in [0.15, 0.2) is 0 Å². The maximum absolute atomic E-state index is 13.2. The smallest absolute Gasteiger partial charge is 0.257 e. The number of carbonyl (C=O) groups is 1. The van der Waals surface area contributed by atoms with Crippen LogP contribution in [0, 0.1) is 20.8 Å². The molecule has 0 radical (unpaired) electrons. The number of nitrogens with one attached hydrogen (secondary N) is 1. The van der Waals surface area contributed by atoms with Gasteiger partial charge in [-0.1, -0.05) is 31.4 Å². The summed E-state index contributed by atoms with van der Waals surface area (Å²) in [6.07, 6.45) is 6.39. The number of anilines is 1. The van der Waals surface area contributed by atoms with Gasteiger partial charge >= 0.3 is 0 Å². The Balaban J connectivity index is 1.51. The summed E-state index contributed by atoms with van der Waals surface area (Å²) in [6, 6.07) is 8.92. The summed E-state index contributed by atoms with van der Waals surface area (Å²) >= 11 is 2.04. The number of amides is 1. The highest BCUT2D eigenvalue weighted by Gasteiger charge is 2.23. The van der Waals surface area contributed by atoms with Gasteiger partial charge in [0.05, 0.1) is 5.56 Å². The van der Waals surface area contributed by atoms with Crippen molar-refractivity contribution in [3.05, 3.63) is 52.3 Å². The molecule has 0 spiro atoms. The summed E-state index contributed by atoms with van der Waals surface area (Å²) in [5.74, 6) is 2.44. The number of aryl methyl sites for hydroxylation is 1. The molecule has 0 unspecified atom stereocenters. The van der Waals surface area contributed by atoms with Crippen molar-refractivity contribution in [1.29, 1.82) is 0 Å². The summed E-state index contributed by atoms with van der Waals surface area (Å²) in [4.78, 5) is 15.7. The van der Waals surface area contributed by atoms with E-state index in [0.29, 0.717) is 6.04 Å². The molecule has 0 bridgehead atoms. The van der Waals surface area contributed by atoms with Crippen molar-refractivity contribution in [3.63, 3.8) is 0 Å². The largest absolute Gasteiger partial charge is 0.345 e. The molecule has 2 fully saturated rings. The molecule has 1 saturated heterocycles. The molecular weight excluding hydrogens is 390 g/mol. The number of aromatic nitrogens is 1. The van der Waals surface area contributed by atoms with E-state index >= 15 is 0 Å². The van der Waals surface area contributed by atoms with Crippen LogP contribution in [-0.2, 0) is 6.54 Å². The molecule has 1 aromatic heterocycles. The molecule has 30 heavy (non-hydrogen) atoms. The SMILES string of the molecule is Cc1c(CN2CCSCC2)cccc1NC(=O)c1cc(C)n(C2CCCCC2)c1C. The summed E-state index contributed by atoms with van der Waals surface area (Å²) in [5.41, 5.74) is 6.56. The second-order valence-corrected chi connectivity index (χ2v) is 10.1. The van der Waals surface area contributed by atoms with Crippen molar-refractivity contribution in [3.8, 4) is 0 Å². The maximum Gasteiger partial charge on any atom is 0.257 e. The third kappa shape index (κ3) is 4.62. The zero-order valence-electron chi connectivity index (χ0n) is 18.7. The predicted molar refractivity (Wildman–Crippen MR) is 128 cm³/mol. The Labute approximate surface area is 185 Å². The van der Waals surface area contributed by atoms with E-state index in [9.17, 15) is 4.79 Å². The Hall–Kier alpha value is -1.72. The Morgan fingerprint density at radius 2 is 1.83 bits per heavy atom. The minimum Gasteiger partial charge on any atom is -0.345 e. The summed E-state index contributed by atoms with van der Waals surface area (Å²) in [5, 5.41) is 3.21. The van der Waals surface area contributed by atoms with Gasteiger partial charge in [-0.05, 0) is 56.9 Å². The van der Waals surface area contributed by atoms with Gasteiger partial charge in [-0.3, -0.25) is 9.69 Å². The topological polar surface area (TPSA) is 37.3 Å². The molecule has 1 saturated carbocycles. The summed E-state index contributed by atoms with van der Waals surface area (Å²) in [7, 11) is 0. The van der Waals surface area contributed by atoms with E-state index in [1.807, 2.05) is 17.8 Å². The van der Waals surface area contributed by atoms with Crippen LogP contribution in [0.2, 0.25) is 0 Å². The van der Waals surface area contributed by atoms with E-state index in [1.54, 1.807) is 0 Å². The summed E-state index contributed by atoms with van der Waals surface area (Å²) < 4.78 is 2.41. The molecule has 1 aromatic carbocycles. The highest BCUT2D eigenvalue weighted by Crippen LogP contribution is 2.32. The third-order valence-electron chi connectivity index (χ3n) is 6.86. The number of rotatable bonds is 5. The molecule has 162 valence electrons. The van der Waals surface area contributed by atoms with Crippen LogP contribution in [0.25, 0.3) is 0 Å². The van der Waals surface area contributed by atoms with Crippen LogP contribution in [0.3, 0.4) is 0 Å². The average molecular weight is 426 g/mol. The molecule has 5 heteroatoms. The predicted octanol–water partition coefficient (Wildman–Crippen LogP) is 5.72. The lowest BCUT2D eigenvalue weighted by Crippen LogP contribution is -2.32. The number of thioether (sulfide) groups is 1. The van der Waals surface area contributed by atoms with Gasteiger partial charge in [-0.15, -0.1) is 0 Å². The van der Waals surface area contributed by atoms with Crippen LogP contribution in [0.4, 0.5) is 5.69 Å². The van der Waals surface area contributed by atoms with E-state index in [-0.39, 0.29) is 5.91 Å². The second kappa shape index (κ2) is 9.61. The Bertz CT molecular complexity index is 892. The zero-order chi connectivity index (χ0) is 21.1. The normalized spacial score (nSPS) is 18.5. The first-order chi connectivity index (χ1) is 14.5. The fourth-order valence-electron chi connectivity index (χ4n) is 5.09. The van der Waals surface area contributed by atoms with Crippen molar-refractivity contribution in [2.75, 3.05) is 29.9 Å². The van der Waals surface area contributed by atoms with Crippen molar-refractivity contribution in [1.82, 2.24) is 9.47 Å². The van der Waals surface area contributed by atoms with Crippen molar-refractivity contribution < 1.29 is 4.79 Å². The minimum absolute atomic E-state index is 0.0137. The maximum atomic E-state index is 13.2. The molecule has 2 aromatic rings. The van der Waals surface area contributed by atoms with Crippen LogP contribution in [0.1, 0.15) is 71.0 Å². The second-order valence-electron chi connectivity index (χ2n) is 8.88. The zero-order valence-corrected chi connectivity index (χ0v) is 19.5. The number of hydrogen-bond donors (Lipinski definition) is 1. The highest BCUT2D eigenvalue weighted by atomic mass is 32.2. The van der Waals surface area contributed by atoms with Gasteiger partial charge < -0.3 is 9.88 Å². The monoisotopic (exact) mass is 425 g/mol. The van der Waals surface area contributed by atoms with Crippen molar-refractivity contribution in [2.45, 2.75) is 65.5 Å². The first-order valence-electron chi connectivity index (χ1n) is 11.4. The van der Waals surface area contributed by atoms with Crippen LogP contribution in [0.15, 0.2) is 24.3 Å². The molecule has 2 heterocycles. The fraction of sp³-hybridized carbons (Fsp3) is 0.560. The lowest BCUT2D eigenvalue weighted by atomic mass is 9.95. The van der Waals surface area contributed by atoms with Gasteiger partial charge in [0.1, 0.15) is 0 Å². The Morgan fingerprint density at radius 1 is 1.10 bits per heavy atom. The quantitative estimate of drug-likeness (QED) is 0.666. The molecule has 1 aliphatic heterocycles. The van der Waals surface area contributed by atoms with E-state index in [1.165, 1.54) is 60.4 Å². The van der Waals surface area contributed by atoms with E-state index < -0.39 is 0 Å². The first kappa shape index (κ1) is 21.5. The van der Waals surface area contributed by atoms with Crippen molar-refractivity contribution >= 4 is 23.4 Å². The van der Waals surface area contributed by atoms with Crippen LogP contribution >= 0.6 is 11.8 Å². The van der Waals surface area contributed by atoms with E-state index in [0.717, 1.165) is 36.6 Å². The van der Waals surface area contributed by atoms with Gasteiger partial charge in [0.25, 0.3) is 5.91 Å². The average Bonchev–Trinajstić information content (AvgIpc) is 3.06. The van der Waals surface area contributed by atoms with Gasteiger partial charge in [0.2, 0.25) is 0 Å². The lowest BCUT2D eigenvalue weighted by Gasteiger charge is -2.27. The lowest BCUT2D eigenvalue weighted by molar-refractivity contribution is 0.102. The Morgan fingerprint density at radius 3 is 2.57 bits per heavy atom. The number of nitrogens with zero attached hydrogens (tertiary/aromatic N) is 2. The molecule has 4 rings (SSSR count). The minimum atomic E-state index is 0.0137. The van der Waals surface area contributed by atoms with Gasteiger partial charge in [-0.25, -0.2) is 0 Å². The molecule has 1 aliphatic carbocycles. The highest BCUT2D eigenvalue weighted by molar-refractivity contribution is 7.99. The number of hydrogen-bond acceptors (Lipinski definition) is 3. The van der Waals surface area contributed by atoms with Crippen molar-refractivity contribution in [2.24, 2.45) is 0 Å². The van der Waals surface area contributed by atoms with Crippen LogP contribution in [0.5, 0.6) is 0 Å². The molecule has 1 N–H and O–H groups in total. The molecule has 0 atom stereocenters. The fourth-order valence-corrected chi connectivity index (χ4v) is 6.07. The molecule has 4 nitrogen and oxygen atoms in total. The third-order valence-corrected chi connectivity index (χ3v) is 7.80. The van der Waals surface area contributed by atoms with E-state index in [4.69, 9.17) is 0 Å². The molecule has 2 aliphatic rings. The standard InChI is InChI=1S/C25H35N3OS/c1-18-16-23(20(3)28(18)22-9-5-4-6-10-22)25(29)26-24-11-7-8-21(19(24)2)17-27-12-14-30-15-13-27/h7-8,11,16,22H,4-6,9-10,12-15,17H2,1-3H3,(H,26,29). The van der Waals surface area contributed by atoms with Crippen LogP contribution in [-0.4, -0.2) is 40.0 Å². The summed E-state index contributed by atoms with van der Waals surface area (Å²) in [6.45, 7) is 9.64. The molecular formula is C25H35N3OS. The van der Waals surface area contributed by atoms with Crippen LogP contribution < -0.4 is 5.32 Å². The molecule has 1 amide bonds. The van der Waals surface area contributed by atoms with Gasteiger partial charge in [0, 0.05) is 54.3 Å². The van der Waals surface area contributed by atoms with Gasteiger partial charge in [-0.2, -0.15) is 11.8 Å². The number of carbonyl (C=O) groups excluding carboxylic acids is 1. The first-order valence-corrected chi connectivity index (χ1v) is 12.6. The van der Waals surface area contributed by atoms with E-state index in [2.05, 4.69) is 53.8 Å².